The van der Waals surface area contributed by atoms with Crippen molar-refractivity contribution in [1.29, 1.82) is 0 Å². The molecule has 0 heterocycles. The van der Waals surface area contributed by atoms with Gasteiger partial charge in [-0.05, 0) is 52.9 Å². The molecule has 0 bridgehead atoms. The first-order chi connectivity index (χ1) is 9.01. The second kappa shape index (κ2) is 6.01. The predicted octanol–water partition coefficient (Wildman–Crippen LogP) is 2.52. The predicted molar refractivity (Wildman–Crippen MR) is 76.2 cm³/mol. The molecule has 0 saturated heterocycles. The van der Waals surface area contributed by atoms with Gasteiger partial charge in [-0.3, -0.25) is 4.79 Å². The zero-order valence-electron chi connectivity index (χ0n) is 10.7. The van der Waals surface area contributed by atoms with Gasteiger partial charge in [-0.1, -0.05) is 18.9 Å². The fourth-order valence-electron chi connectivity index (χ4n) is 2.42. The molecule has 3 nitrogen and oxygen atoms in total. The van der Waals surface area contributed by atoms with Crippen molar-refractivity contribution < 1.29 is 9.18 Å². The summed E-state index contributed by atoms with van der Waals surface area (Å²) in [5.41, 5.74) is 6.36. The first-order valence-corrected chi connectivity index (χ1v) is 7.32. The van der Waals surface area contributed by atoms with Gasteiger partial charge in [0.05, 0.1) is 10.0 Å². The average Bonchev–Trinajstić information content (AvgIpc) is 2.82. The van der Waals surface area contributed by atoms with Gasteiger partial charge in [-0.25, -0.2) is 4.39 Å². The van der Waals surface area contributed by atoms with Crippen LogP contribution in [0.2, 0.25) is 0 Å². The van der Waals surface area contributed by atoms with Crippen LogP contribution in [0.5, 0.6) is 0 Å². The Balaban J connectivity index is 1.83. The second-order valence-electron chi connectivity index (χ2n) is 5.12. The lowest BCUT2D eigenvalue weighted by Crippen LogP contribution is -2.52. The number of amides is 1. The van der Waals surface area contributed by atoms with E-state index < -0.39 is 5.54 Å². The van der Waals surface area contributed by atoms with Gasteiger partial charge in [0.25, 0.3) is 0 Å². The molecule has 0 aromatic heterocycles. The molecule has 0 spiro atoms. The summed E-state index contributed by atoms with van der Waals surface area (Å²) in [6.45, 7) is 0.524. The summed E-state index contributed by atoms with van der Waals surface area (Å²) < 4.78 is 13.5. The number of benzene rings is 1. The van der Waals surface area contributed by atoms with Gasteiger partial charge in [-0.15, -0.1) is 0 Å². The maximum Gasteiger partial charge on any atom is 0.240 e. The Morgan fingerprint density at radius 3 is 2.74 bits per heavy atom. The minimum Gasteiger partial charge on any atom is -0.354 e. The zero-order valence-corrected chi connectivity index (χ0v) is 12.3. The third-order valence-corrected chi connectivity index (χ3v) is 4.24. The molecule has 0 aliphatic heterocycles. The van der Waals surface area contributed by atoms with E-state index >= 15 is 0 Å². The van der Waals surface area contributed by atoms with E-state index in [0.29, 0.717) is 17.4 Å². The van der Waals surface area contributed by atoms with Gasteiger partial charge < -0.3 is 11.1 Å². The molecule has 1 amide bonds. The molecule has 0 atom stereocenters. The molecule has 5 heteroatoms. The summed E-state index contributed by atoms with van der Waals surface area (Å²) in [6.07, 6.45) is 4.24. The number of halogens is 2. The number of nitrogens with one attached hydrogen (secondary N) is 1. The molecular formula is C14H18BrFN2O. The first kappa shape index (κ1) is 14.5. The van der Waals surface area contributed by atoms with Crippen LogP contribution in [-0.2, 0) is 11.2 Å². The second-order valence-corrected chi connectivity index (χ2v) is 5.97. The quantitative estimate of drug-likeness (QED) is 0.892. The zero-order chi connectivity index (χ0) is 13.9. The van der Waals surface area contributed by atoms with Crippen molar-refractivity contribution >= 4 is 21.8 Å². The number of nitrogens with two attached hydrogens (primary N) is 1. The number of rotatable bonds is 4. The molecule has 1 aliphatic rings. The van der Waals surface area contributed by atoms with E-state index in [2.05, 4.69) is 21.2 Å². The number of hydrogen-bond donors (Lipinski definition) is 2. The molecule has 1 aromatic carbocycles. The van der Waals surface area contributed by atoms with Gasteiger partial charge in [0.1, 0.15) is 5.82 Å². The van der Waals surface area contributed by atoms with Crippen molar-refractivity contribution in [2.24, 2.45) is 5.73 Å². The van der Waals surface area contributed by atoms with Crippen molar-refractivity contribution in [2.45, 2.75) is 37.6 Å². The average molecular weight is 329 g/mol. The van der Waals surface area contributed by atoms with E-state index in [0.717, 1.165) is 31.2 Å². The summed E-state index contributed by atoms with van der Waals surface area (Å²) in [5.74, 6) is -0.342. The molecule has 1 aromatic rings. The Morgan fingerprint density at radius 2 is 2.11 bits per heavy atom. The summed E-state index contributed by atoms with van der Waals surface area (Å²) in [5, 5.41) is 2.87. The van der Waals surface area contributed by atoms with E-state index in [1.807, 2.05) is 0 Å². The highest BCUT2D eigenvalue weighted by Crippen LogP contribution is 2.27. The topological polar surface area (TPSA) is 55.1 Å². The summed E-state index contributed by atoms with van der Waals surface area (Å²) in [7, 11) is 0. The van der Waals surface area contributed by atoms with Crippen LogP contribution in [0.15, 0.2) is 22.7 Å². The summed E-state index contributed by atoms with van der Waals surface area (Å²) in [6, 6.07) is 4.87. The fraction of sp³-hybridized carbons (Fsp3) is 0.500. The van der Waals surface area contributed by atoms with Crippen molar-refractivity contribution in [3.8, 4) is 0 Å². The highest BCUT2D eigenvalue weighted by atomic mass is 79.9. The lowest BCUT2D eigenvalue weighted by molar-refractivity contribution is -0.126. The third-order valence-electron chi connectivity index (χ3n) is 3.63. The Bertz CT molecular complexity index is 473. The van der Waals surface area contributed by atoms with Crippen LogP contribution in [0.4, 0.5) is 4.39 Å². The molecule has 0 radical (unpaired) electrons. The van der Waals surface area contributed by atoms with Crippen LogP contribution in [0.1, 0.15) is 31.2 Å². The van der Waals surface area contributed by atoms with Crippen molar-refractivity contribution in [3.63, 3.8) is 0 Å². The standard InChI is InChI=1S/C14H18BrFN2O/c15-11-9-10(3-4-12(11)16)5-8-18-13(19)14(17)6-1-2-7-14/h3-4,9H,1-2,5-8,17H2,(H,18,19). The summed E-state index contributed by atoms with van der Waals surface area (Å²) >= 11 is 3.15. The molecule has 0 unspecified atom stereocenters. The van der Waals surface area contributed by atoms with E-state index in [-0.39, 0.29) is 11.7 Å². The van der Waals surface area contributed by atoms with Crippen LogP contribution in [0.3, 0.4) is 0 Å². The van der Waals surface area contributed by atoms with Crippen LogP contribution < -0.4 is 11.1 Å². The summed E-state index contributed by atoms with van der Waals surface area (Å²) in [4.78, 5) is 12.0. The Kier molecular flexibility index (Phi) is 4.58. The SMILES string of the molecule is NC1(C(=O)NCCc2ccc(F)c(Br)c2)CCCC1. The molecular weight excluding hydrogens is 311 g/mol. The van der Waals surface area contributed by atoms with E-state index in [4.69, 9.17) is 5.73 Å². The Labute approximate surface area is 120 Å². The van der Waals surface area contributed by atoms with Crippen LogP contribution in [0, 0.1) is 5.82 Å². The largest absolute Gasteiger partial charge is 0.354 e. The van der Waals surface area contributed by atoms with Gasteiger partial charge in [0.2, 0.25) is 5.91 Å². The Hall–Kier alpha value is -0.940. The molecule has 3 N–H and O–H groups in total. The monoisotopic (exact) mass is 328 g/mol. The van der Waals surface area contributed by atoms with Crippen molar-refractivity contribution in [3.05, 3.63) is 34.1 Å². The molecule has 1 saturated carbocycles. The smallest absolute Gasteiger partial charge is 0.240 e. The van der Waals surface area contributed by atoms with Crippen LogP contribution >= 0.6 is 15.9 Å². The lowest BCUT2D eigenvalue weighted by atomic mass is 9.98. The number of hydrogen-bond acceptors (Lipinski definition) is 2. The van der Waals surface area contributed by atoms with Gasteiger partial charge in [-0.2, -0.15) is 0 Å². The number of carbonyl (C=O) groups excluding carboxylic acids is 1. The van der Waals surface area contributed by atoms with Crippen molar-refractivity contribution in [2.75, 3.05) is 6.54 Å². The van der Waals surface area contributed by atoms with E-state index in [1.165, 1.54) is 6.07 Å². The van der Waals surface area contributed by atoms with Gasteiger partial charge in [0, 0.05) is 6.54 Å². The minimum absolute atomic E-state index is 0.0637. The van der Waals surface area contributed by atoms with Crippen LogP contribution in [-0.4, -0.2) is 18.0 Å². The molecule has 104 valence electrons. The van der Waals surface area contributed by atoms with Crippen LogP contribution in [0.25, 0.3) is 0 Å². The lowest BCUT2D eigenvalue weighted by Gasteiger charge is -2.22. The molecule has 19 heavy (non-hydrogen) atoms. The minimum atomic E-state index is -0.677. The first-order valence-electron chi connectivity index (χ1n) is 6.52. The van der Waals surface area contributed by atoms with Gasteiger partial charge in [0.15, 0.2) is 0 Å². The molecule has 1 aliphatic carbocycles. The molecule has 1 fully saturated rings. The third kappa shape index (κ3) is 3.54. The van der Waals surface area contributed by atoms with Gasteiger partial charge >= 0.3 is 0 Å². The Morgan fingerprint density at radius 1 is 1.42 bits per heavy atom. The highest BCUT2D eigenvalue weighted by Gasteiger charge is 2.36. The maximum absolute atomic E-state index is 13.1. The van der Waals surface area contributed by atoms with Crippen molar-refractivity contribution in [1.82, 2.24) is 5.32 Å². The molecule has 2 rings (SSSR count). The highest BCUT2D eigenvalue weighted by molar-refractivity contribution is 9.10. The fourth-order valence-corrected chi connectivity index (χ4v) is 2.85. The number of carbonyl (C=O) groups is 1. The van der Waals surface area contributed by atoms with E-state index in [9.17, 15) is 9.18 Å². The normalized spacial score (nSPS) is 17.4. The maximum atomic E-state index is 13.1. The van der Waals surface area contributed by atoms with E-state index in [1.54, 1.807) is 12.1 Å².